The first-order valence-corrected chi connectivity index (χ1v) is 8.36. The van der Waals surface area contributed by atoms with Crippen molar-refractivity contribution in [3.8, 4) is 0 Å². The SMILES string of the molecule is COCCNCc1c(N(C)CCC(C)C)nc2sccn12. The minimum absolute atomic E-state index is 0.708. The fourth-order valence-corrected chi connectivity index (χ4v) is 2.96. The van der Waals surface area contributed by atoms with Crippen molar-refractivity contribution in [3.05, 3.63) is 17.3 Å². The Hall–Kier alpha value is -1.11. The van der Waals surface area contributed by atoms with Gasteiger partial charge in [0.05, 0.1) is 12.3 Å². The molecule has 0 saturated carbocycles. The molecule has 1 N–H and O–H groups in total. The van der Waals surface area contributed by atoms with Crippen LogP contribution in [0.2, 0.25) is 0 Å². The van der Waals surface area contributed by atoms with Gasteiger partial charge in [-0.05, 0) is 12.3 Å². The monoisotopic (exact) mass is 310 g/mol. The van der Waals surface area contributed by atoms with E-state index in [0.717, 1.165) is 37.0 Å². The summed E-state index contributed by atoms with van der Waals surface area (Å²) >= 11 is 1.68. The average molecular weight is 310 g/mol. The number of hydrogen-bond donors (Lipinski definition) is 1. The molecular weight excluding hydrogens is 284 g/mol. The second kappa shape index (κ2) is 7.77. The van der Waals surface area contributed by atoms with Crippen LogP contribution in [0.4, 0.5) is 5.82 Å². The van der Waals surface area contributed by atoms with E-state index < -0.39 is 0 Å². The van der Waals surface area contributed by atoms with E-state index in [9.17, 15) is 0 Å². The lowest BCUT2D eigenvalue weighted by Crippen LogP contribution is -2.24. The average Bonchev–Trinajstić information content (AvgIpc) is 3.02. The predicted molar refractivity (Wildman–Crippen MR) is 89.4 cm³/mol. The molecule has 0 atom stereocenters. The standard InChI is InChI=1S/C15H26N4OS/c1-12(2)5-7-18(3)14-13(11-16-6-9-20-4)19-8-10-21-15(19)17-14/h8,10,12,16H,5-7,9,11H2,1-4H3. The van der Waals surface area contributed by atoms with Crippen LogP contribution in [-0.4, -0.2) is 43.2 Å². The van der Waals surface area contributed by atoms with Crippen LogP contribution in [0.15, 0.2) is 11.6 Å². The van der Waals surface area contributed by atoms with Gasteiger partial charge in [-0.2, -0.15) is 0 Å². The summed E-state index contributed by atoms with van der Waals surface area (Å²) < 4.78 is 7.27. The van der Waals surface area contributed by atoms with Gasteiger partial charge in [0, 0.05) is 45.4 Å². The second-order valence-electron chi connectivity index (χ2n) is 5.71. The molecule has 0 saturated heterocycles. The molecule has 0 fully saturated rings. The maximum atomic E-state index is 5.08. The molecule has 0 bridgehead atoms. The molecule has 2 rings (SSSR count). The molecule has 0 radical (unpaired) electrons. The van der Waals surface area contributed by atoms with E-state index in [1.165, 1.54) is 12.1 Å². The van der Waals surface area contributed by atoms with Crippen LogP contribution in [0.5, 0.6) is 0 Å². The van der Waals surface area contributed by atoms with Gasteiger partial charge in [0.25, 0.3) is 0 Å². The van der Waals surface area contributed by atoms with E-state index in [0.29, 0.717) is 5.92 Å². The van der Waals surface area contributed by atoms with Gasteiger partial charge < -0.3 is 15.0 Å². The van der Waals surface area contributed by atoms with Gasteiger partial charge in [0.2, 0.25) is 0 Å². The van der Waals surface area contributed by atoms with Crippen molar-refractivity contribution in [2.24, 2.45) is 5.92 Å². The molecule has 6 heteroatoms. The lowest BCUT2D eigenvalue weighted by molar-refractivity contribution is 0.199. The number of anilines is 1. The first-order valence-electron chi connectivity index (χ1n) is 7.48. The van der Waals surface area contributed by atoms with Crippen LogP contribution in [-0.2, 0) is 11.3 Å². The number of thiazole rings is 1. The lowest BCUT2D eigenvalue weighted by Gasteiger charge is -2.19. The normalized spacial score (nSPS) is 11.7. The van der Waals surface area contributed by atoms with Crippen molar-refractivity contribution in [2.45, 2.75) is 26.8 Å². The summed E-state index contributed by atoms with van der Waals surface area (Å²) in [4.78, 5) is 8.12. The number of nitrogens with zero attached hydrogens (tertiary/aromatic N) is 3. The van der Waals surface area contributed by atoms with Gasteiger partial charge in [-0.25, -0.2) is 4.98 Å². The maximum absolute atomic E-state index is 5.08. The van der Waals surface area contributed by atoms with Crippen molar-refractivity contribution < 1.29 is 4.74 Å². The zero-order valence-electron chi connectivity index (χ0n) is 13.4. The first kappa shape index (κ1) is 16.3. The van der Waals surface area contributed by atoms with Gasteiger partial charge >= 0.3 is 0 Å². The summed E-state index contributed by atoms with van der Waals surface area (Å²) in [6, 6.07) is 0. The molecule has 0 unspecified atom stereocenters. The van der Waals surface area contributed by atoms with Gasteiger partial charge in [-0.3, -0.25) is 4.40 Å². The molecule has 0 aliphatic carbocycles. The molecule has 21 heavy (non-hydrogen) atoms. The van der Waals surface area contributed by atoms with Crippen LogP contribution >= 0.6 is 11.3 Å². The number of fused-ring (bicyclic) bond motifs is 1. The molecule has 0 aliphatic rings. The summed E-state index contributed by atoms with van der Waals surface area (Å²) in [6.45, 7) is 7.93. The minimum Gasteiger partial charge on any atom is -0.383 e. The fourth-order valence-electron chi connectivity index (χ4n) is 2.23. The number of nitrogens with one attached hydrogen (secondary N) is 1. The predicted octanol–water partition coefficient (Wildman–Crippen LogP) is 2.61. The van der Waals surface area contributed by atoms with Gasteiger partial charge in [0.1, 0.15) is 0 Å². The Balaban J connectivity index is 2.11. The largest absolute Gasteiger partial charge is 0.383 e. The van der Waals surface area contributed by atoms with Gasteiger partial charge in [-0.15, -0.1) is 11.3 Å². The number of imidazole rings is 1. The smallest absolute Gasteiger partial charge is 0.195 e. The summed E-state index contributed by atoms with van der Waals surface area (Å²) in [5.41, 5.74) is 1.23. The molecule has 2 aromatic heterocycles. The van der Waals surface area contributed by atoms with E-state index in [-0.39, 0.29) is 0 Å². The molecule has 2 heterocycles. The highest BCUT2D eigenvalue weighted by molar-refractivity contribution is 7.15. The van der Waals surface area contributed by atoms with Crippen molar-refractivity contribution in [2.75, 3.05) is 38.8 Å². The number of aromatic nitrogens is 2. The molecular formula is C15H26N4OS. The van der Waals surface area contributed by atoms with Crippen LogP contribution in [0, 0.1) is 5.92 Å². The van der Waals surface area contributed by atoms with Gasteiger partial charge in [-0.1, -0.05) is 13.8 Å². The van der Waals surface area contributed by atoms with Crippen LogP contribution in [0.3, 0.4) is 0 Å². The van der Waals surface area contributed by atoms with E-state index in [4.69, 9.17) is 9.72 Å². The molecule has 118 valence electrons. The van der Waals surface area contributed by atoms with Crippen molar-refractivity contribution in [1.29, 1.82) is 0 Å². The van der Waals surface area contributed by atoms with E-state index >= 15 is 0 Å². The van der Waals surface area contributed by atoms with E-state index in [1.807, 2.05) is 0 Å². The number of ether oxygens (including phenoxy) is 1. The molecule has 2 aromatic rings. The van der Waals surface area contributed by atoms with Crippen LogP contribution in [0.1, 0.15) is 26.0 Å². The quantitative estimate of drug-likeness (QED) is 0.723. The Labute approximate surface area is 130 Å². The van der Waals surface area contributed by atoms with E-state index in [1.54, 1.807) is 18.4 Å². The number of rotatable bonds is 9. The third-order valence-corrected chi connectivity index (χ3v) is 4.28. The zero-order chi connectivity index (χ0) is 15.2. The van der Waals surface area contributed by atoms with E-state index in [2.05, 4.69) is 47.1 Å². The molecule has 0 aromatic carbocycles. The number of methoxy groups -OCH3 is 1. The fraction of sp³-hybridized carbons (Fsp3) is 0.667. The Bertz CT molecular complexity index is 549. The Kier molecular flexibility index (Phi) is 6.02. The summed E-state index contributed by atoms with van der Waals surface area (Å²) in [5, 5.41) is 5.51. The van der Waals surface area contributed by atoms with Crippen molar-refractivity contribution >= 4 is 22.1 Å². The Morgan fingerprint density at radius 3 is 3.00 bits per heavy atom. The molecule has 5 nitrogen and oxygen atoms in total. The molecule has 0 amide bonds. The van der Waals surface area contributed by atoms with Crippen LogP contribution in [0.25, 0.3) is 4.96 Å². The van der Waals surface area contributed by atoms with Gasteiger partial charge in [0.15, 0.2) is 10.8 Å². The van der Waals surface area contributed by atoms with Crippen LogP contribution < -0.4 is 10.2 Å². The zero-order valence-corrected chi connectivity index (χ0v) is 14.2. The highest BCUT2D eigenvalue weighted by Crippen LogP contribution is 2.24. The maximum Gasteiger partial charge on any atom is 0.195 e. The minimum atomic E-state index is 0.708. The van der Waals surface area contributed by atoms with Crippen molar-refractivity contribution in [3.63, 3.8) is 0 Å². The third kappa shape index (κ3) is 4.18. The summed E-state index contributed by atoms with van der Waals surface area (Å²) in [7, 11) is 3.86. The highest BCUT2D eigenvalue weighted by atomic mass is 32.1. The number of hydrogen-bond acceptors (Lipinski definition) is 5. The third-order valence-electron chi connectivity index (χ3n) is 3.52. The second-order valence-corrected chi connectivity index (χ2v) is 6.58. The van der Waals surface area contributed by atoms with Crippen molar-refractivity contribution in [1.82, 2.24) is 14.7 Å². The summed E-state index contributed by atoms with van der Waals surface area (Å²) in [6.07, 6.45) is 3.28. The lowest BCUT2D eigenvalue weighted by atomic mass is 10.1. The molecule has 0 aliphatic heterocycles. The molecule has 0 spiro atoms. The topological polar surface area (TPSA) is 41.8 Å². The first-order chi connectivity index (χ1) is 10.1. The summed E-state index contributed by atoms with van der Waals surface area (Å²) in [5.74, 6) is 1.80. The Morgan fingerprint density at radius 1 is 1.48 bits per heavy atom. The highest BCUT2D eigenvalue weighted by Gasteiger charge is 2.16. The Morgan fingerprint density at radius 2 is 2.29 bits per heavy atom.